The van der Waals surface area contributed by atoms with Gasteiger partial charge in [-0.25, -0.2) is 9.59 Å². The lowest BCUT2D eigenvalue weighted by atomic mass is 9.91. The number of hydrogen-bond acceptors (Lipinski definition) is 5. The standard InChI is InChI=1S/C34H41N3O5/c1-33(2,3)42-32(39)35-26-18-12-17-25(19-26)22-37-28(21-24-15-10-7-11-16-24)30-29(40-34(4,5)41-30)27(36-31(37)38)20-23-13-8-6-9-14-23/h6-19,27-30H,20-22H2,1-5H3,(H,35,39)(H,36,38)/t27-,28-,29+,30+/m1/s1. The van der Waals surface area contributed by atoms with E-state index in [1.165, 1.54) is 0 Å². The molecule has 2 fully saturated rings. The molecule has 8 heteroatoms. The van der Waals surface area contributed by atoms with Gasteiger partial charge >= 0.3 is 12.1 Å². The first-order valence-electron chi connectivity index (χ1n) is 14.6. The largest absolute Gasteiger partial charge is 0.444 e. The number of amides is 3. The Hall–Kier alpha value is -3.88. The van der Waals surface area contributed by atoms with Crippen LogP contribution >= 0.6 is 0 Å². The number of ether oxygens (including phenoxy) is 3. The van der Waals surface area contributed by atoms with E-state index in [-0.39, 0.29) is 30.3 Å². The number of hydrogen-bond donors (Lipinski definition) is 2. The third-order valence-electron chi connectivity index (χ3n) is 7.42. The molecule has 5 rings (SSSR count). The van der Waals surface area contributed by atoms with Crippen LogP contribution in [0.4, 0.5) is 15.3 Å². The highest BCUT2D eigenvalue weighted by molar-refractivity contribution is 5.85. The second kappa shape index (κ2) is 12.2. The molecule has 4 atom stereocenters. The number of rotatable bonds is 7. The molecule has 0 aliphatic carbocycles. The second-order valence-electron chi connectivity index (χ2n) is 12.5. The fourth-order valence-electron chi connectivity index (χ4n) is 5.75. The lowest BCUT2D eigenvalue weighted by Crippen LogP contribution is -2.50. The first-order valence-corrected chi connectivity index (χ1v) is 14.6. The van der Waals surface area contributed by atoms with Crippen molar-refractivity contribution in [3.05, 3.63) is 102 Å². The number of nitrogens with zero attached hydrogens (tertiary/aromatic N) is 1. The molecular weight excluding hydrogens is 530 g/mol. The van der Waals surface area contributed by atoms with Gasteiger partial charge in [0.05, 0.1) is 12.1 Å². The van der Waals surface area contributed by atoms with E-state index in [2.05, 4.69) is 34.9 Å². The van der Waals surface area contributed by atoms with Crippen molar-refractivity contribution >= 4 is 17.8 Å². The highest BCUT2D eigenvalue weighted by Gasteiger charge is 2.53. The van der Waals surface area contributed by atoms with Crippen LogP contribution in [0.5, 0.6) is 0 Å². The van der Waals surface area contributed by atoms with Crippen LogP contribution in [0.2, 0.25) is 0 Å². The van der Waals surface area contributed by atoms with Crippen LogP contribution in [0.1, 0.15) is 51.3 Å². The summed E-state index contributed by atoms with van der Waals surface area (Å²) in [6, 6.07) is 27.0. The molecule has 2 saturated heterocycles. The number of anilines is 1. The molecule has 0 aromatic heterocycles. The van der Waals surface area contributed by atoms with E-state index < -0.39 is 17.5 Å². The smallest absolute Gasteiger partial charge is 0.412 e. The number of nitrogens with one attached hydrogen (secondary N) is 2. The lowest BCUT2D eigenvalue weighted by molar-refractivity contribution is -0.154. The molecule has 0 bridgehead atoms. The minimum absolute atomic E-state index is 0.179. The zero-order chi connectivity index (χ0) is 29.9. The van der Waals surface area contributed by atoms with Crippen molar-refractivity contribution < 1.29 is 23.8 Å². The van der Waals surface area contributed by atoms with E-state index in [0.717, 1.165) is 16.7 Å². The zero-order valence-electron chi connectivity index (χ0n) is 25.0. The topological polar surface area (TPSA) is 89.1 Å². The number of carbonyl (C=O) groups excluding carboxylic acids is 2. The first-order chi connectivity index (χ1) is 20.0. The van der Waals surface area contributed by atoms with E-state index in [0.29, 0.717) is 25.1 Å². The molecular formula is C34H41N3O5. The highest BCUT2D eigenvalue weighted by Crippen LogP contribution is 2.37. The van der Waals surface area contributed by atoms with Gasteiger partial charge in [0.15, 0.2) is 5.79 Å². The summed E-state index contributed by atoms with van der Waals surface area (Å²) in [6.07, 6.45) is -0.0182. The minimum Gasteiger partial charge on any atom is -0.444 e. The summed E-state index contributed by atoms with van der Waals surface area (Å²) in [6.45, 7) is 9.64. The molecule has 2 aliphatic rings. The Morgan fingerprint density at radius 1 is 0.881 bits per heavy atom. The van der Waals surface area contributed by atoms with Gasteiger partial charge in [0, 0.05) is 12.2 Å². The maximum atomic E-state index is 14.0. The molecule has 2 N–H and O–H groups in total. The lowest BCUT2D eigenvalue weighted by Gasteiger charge is -2.34. The van der Waals surface area contributed by atoms with Gasteiger partial charge in [-0.05, 0) is 76.3 Å². The van der Waals surface area contributed by atoms with Gasteiger partial charge < -0.3 is 24.4 Å². The fraction of sp³-hybridized carbons (Fsp3) is 0.412. The molecule has 0 saturated carbocycles. The number of carbonyl (C=O) groups is 2. The van der Waals surface area contributed by atoms with Crippen LogP contribution < -0.4 is 10.6 Å². The summed E-state index contributed by atoms with van der Waals surface area (Å²) < 4.78 is 18.5. The van der Waals surface area contributed by atoms with Crippen molar-refractivity contribution in [1.29, 1.82) is 0 Å². The first kappa shape index (κ1) is 29.6. The van der Waals surface area contributed by atoms with Gasteiger partial charge in [-0.3, -0.25) is 5.32 Å². The maximum Gasteiger partial charge on any atom is 0.412 e. The van der Waals surface area contributed by atoms with E-state index in [9.17, 15) is 9.59 Å². The molecule has 2 aliphatic heterocycles. The van der Waals surface area contributed by atoms with E-state index in [1.807, 2.05) is 94.1 Å². The quantitative estimate of drug-likeness (QED) is 0.347. The Labute approximate surface area is 248 Å². The van der Waals surface area contributed by atoms with E-state index in [4.69, 9.17) is 14.2 Å². The van der Waals surface area contributed by atoms with Gasteiger partial charge in [-0.15, -0.1) is 0 Å². The zero-order valence-corrected chi connectivity index (χ0v) is 25.0. The van der Waals surface area contributed by atoms with Crippen LogP contribution in [0.3, 0.4) is 0 Å². The van der Waals surface area contributed by atoms with Crippen LogP contribution in [0.25, 0.3) is 0 Å². The Morgan fingerprint density at radius 3 is 2.12 bits per heavy atom. The summed E-state index contributed by atoms with van der Waals surface area (Å²) in [5.41, 5.74) is 3.07. The van der Waals surface area contributed by atoms with Crippen LogP contribution in [0, 0.1) is 0 Å². The van der Waals surface area contributed by atoms with Gasteiger partial charge in [-0.1, -0.05) is 72.8 Å². The molecule has 3 aromatic rings. The van der Waals surface area contributed by atoms with Crippen LogP contribution in [-0.4, -0.2) is 52.7 Å². The molecule has 0 radical (unpaired) electrons. The second-order valence-corrected chi connectivity index (χ2v) is 12.5. The normalized spacial score (nSPS) is 23.5. The number of benzene rings is 3. The molecule has 0 unspecified atom stereocenters. The summed E-state index contributed by atoms with van der Waals surface area (Å²) in [4.78, 5) is 28.3. The summed E-state index contributed by atoms with van der Waals surface area (Å²) in [5.74, 6) is -0.801. The van der Waals surface area contributed by atoms with Gasteiger partial charge in [0.1, 0.15) is 17.8 Å². The summed E-state index contributed by atoms with van der Waals surface area (Å²) >= 11 is 0. The third kappa shape index (κ3) is 7.49. The minimum atomic E-state index is -0.801. The monoisotopic (exact) mass is 571 g/mol. The highest BCUT2D eigenvalue weighted by atomic mass is 16.8. The number of urea groups is 1. The molecule has 3 aromatic carbocycles. The van der Waals surface area contributed by atoms with Crippen molar-refractivity contribution in [3.8, 4) is 0 Å². The molecule has 0 spiro atoms. The SMILES string of the molecule is CC(C)(C)OC(=O)Nc1cccc(CN2C(=O)N[C@H](Cc3ccccc3)[C@@H]3OC(C)(C)O[C@H]3[C@H]2Cc2ccccc2)c1. The van der Waals surface area contributed by atoms with Gasteiger partial charge in [0.25, 0.3) is 0 Å². The van der Waals surface area contributed by atoms with Crippen molar-refractivity contribution in [3.63, 3.8) is 0 Å². The predicted molar refractivity (Wildman–Crippen MR) is 162 cm³/mol. The van der Waals surface area contributed by atoms with E-state index in [1.54, 1.807) is 6.07 Å². The van der Waals surface area contributed by atoms with Gasteiger partial charge in [-0.2, -0.15) is 0 Å². The Morgan fingerprint density at radius 2 is 1.48 bits per heavy atom. The van der Waals surface area contributed by atoms with Crippen molar-refractivity contribution in [1.82, 2.24) is 10.2 Å². The fourth-order valence-corrected chi connectivity index (χ4v) is 5.75. The van der Waals surface area contributed by atoms with Crippen LogP contribution in [0.15, 0.2) is 84.9 Å². The van der Waals surface area contributed by atoms with Crippen LogP contribution in [-0.2, 0) is 33.6 Å². The summed E-state index contributed by atoms with van der Waals surface area (Å²) in [7, 11) is 0. The van der Waals surface area contributed by atoms with E-state index >= 15 is 0 Å². The Bertz CT molecular complexity index is 1370. The van der Waals surface area contributed by atoms with Crippen molar-refractivity contribution in [2.75, 3.05) is 5.32 Å². The molecule has 222 valence electrons. The molecule has 3 amide bonds. The maximum absolute atomic E-state index is 14.0. The van der Waals surface area contributed by atoms with Gasteiger partial charge in [0.2, 0.25) is 0 Å². The predicted octanol–water partition coefficient (Wildman–Crippen LogP) is 6.30. The van der Waals surface area contributed by atoms with Crippen molar-refractivity contribution in [2.45, 2.75) is 89.7 Å². The Kier molecular flexibility index (Phi) is 8.57. The third-order valence-corrected chi connectivity index (χ3v) is 7.42. The average Bonchev–Trinajstić information content (AvgIpc) is 3.21. The molecule has 8 nitrogen and oxygen atoms in total. The average molecular weight is 572 g/mol. The molecule has 42 heavy (non-hydrogen) atoms. The van der Waals surface area contributed by atoms with Crippen molar-refractivity contribution in [2.24, 2.45) is 0 Å². The number of fused-ring (bicyclic) bond motifs is 1. The summed E-state index contributed by atoms with van der Waals surface area (Å²) in [5, 5.41) is 6.10. The molecule has 2 heterocycles. The Balaban J connectivity index is 1.46.